The van der Waals surface area contributed by atoms with Crippen molar-refractivity contribution in [1.29, 1.82) is 0 Å². The van der Waals surface area contributed by atoms with Crippen molar-refractivity contribution in [2.24, 2.45) is 0 Å². The molecule has 0 amide bonds. The molecule has 0 radical (unpaired) electrons. The van der Waals surface area contributed by atoms with Gasteiger partial charge in [0, 0.05) is 25.2 Å². The SMILES string of the molecule is O=C(Oc1ccc2ccccc2c1CN1CCOCC1)c1ccc2ncsc2c1. The fraction of sp³-hybridized carbons (Fsp3) is 0.217. The molecule has 1 aliphatic heterocycles. The average Bonchev–Trinajstić information content (AvgIpc) is 3.24. The standard InChI is InChI=1S/C23H20N2O3S/c26-23(17-5-7-20-22(13-17)29-15-24-20)28-21-8-6-16-3-1-2-4-18(16)19(21)14-25-9-11-27-12-10-25/h1-8,13,15H,9-12,14H2. The van der Waals surface area contributed by atoms with Crippen LogP contribution in [0.2, 0.25) is 0 Å². The monoisotopic (exact) mass is 404 g/mol. The Kier molecular flexibility index (Phi) is 4.97. The van der Waals surface area contributed by atoms with E-state index in [9.17, 15) is 4.79 Å². The molecule has 0 spiro atoms. The lowest BCUT2D eigenvalue weighted by Gasteiger charge is -2.27. The van der Waals surface area contributed by atoms with Crippen LogP contribution in [0.3, 0.4) is 0 Å². The fourth-order valence-corrected chi connectivity index (χ4v) is 4.41. The van der Waals surface area contributed by atoms with Gasteiger partial charge in [0.1, 0.15) is 5.75 Å². The van der Waals surface area contributed by atoms with Crippen LogP contribution in [-0.2, 0) is 11.3 Å². The van der Waals surface area contributed by atoms with Crippen molar-refractivity contribution >= 4 is 38.3 Å². The Hall–Kier alpha value is -2.80. The van der Waals surface area contributed by atoms with Crippen LogP contribution in [0, 0.1) is 0 Å². The van der Waals surface area contributed by atoms with E-state index in [4.69, 9.17) is 9.47 Å². The smallest absolute Gasteiger partial charge is 0.343 e. The molecule has 0 atom stereocenters. The van der Waals surface area contributed by atoms with Crippen molar-refractivity contribution in [1.82, 2.24) is 9.88 Å². The summed E-state index contributed by atoms with van der Waals surface area (Å²) in [6.45, 7) is 3.93. The molecule has 146 valence electrons. The number of carbonyl (C=O) groups excluding carboxylic acids is 1. The number of ether oxygens (including phenoxy) is 2. The highest BCUT2D eigenvalue weighted by Gasteiger charge is 2.18. The summed E-state index contributed by atoms with van der Waals surface area (Å²) >= 11 is 1.52. The molecule has 1 fully saturated rings. The molecule has 0 bridgehead atoms. The van der Waals surface area contributed by atoms with E-state index in [1.165, 1.54) is 11.3 Å². The third kappa shape index (κ3) is 3.74. The molecule has 6 heteroatoms. The van der Waals surface area contributed by atoms with Crippen LogP contribution in [0.1, 0.15) is 15.9 Å². The highest BCUT2D eigenvalue weighted by Crippen LogP contribution is 2.30. The number of benzene rings is 3. The van der Waals surface area contributed by atoms with E-state index in [0.29, 0.717) is 11.3 Å². The molecule has 0 saturated carbocycles. The summed E-state index contributed by atoms with van der Waals surface area (Å²) in [5.74, 6) is 0.267. The fourth-order valence-electron chi connectivity index (χ4n) is 3.70. The van der Waals surface area contributed by atoms with E-state index in [1.807, 2.05) is 36.4 Å². The van der Waals surface area contributed by atoms with Gasteiger partial charge in [-0.25, -0.2) is 9.78 Å². The zero-order chi connectivity index (χ0) is 19.6. The predicted octanol–water partition coefficient (Wildman–Crippen LogP) is 4.50. The molecule has 29 heavy (non-hydrogen) atoms. The number of fused-ring (bicyclic) bond motifs is 2. The highest BCUT2D eigenvalue weighted by molar-refractivity contribution is 7.16. The normalized spacial score (nSPS) is 15.0. The summed E-state index contributed by atoms with van der Waals surface area (Å²) in [4.78, 5) is 19.5. The van der Waals surface area contributed by atoms with E-state index in [-0.39, 0.29) is 5.97 Å². The van der Waals surface area contributed by atoms with Crippen LogP contribution in [0.25, 0.3) is 21.0 Å². The van der Waals surface area contributed by atoms with Crippen LogP contribution in [0.15, 0.2) is 60.1 Å². The first-order valence-corrected chi connectivity index (χ1v) is 10.5. The predicted molar refractivity (Wildman–Crippen MR) is 115 cm³/mol. The van der Waals surface area contributed by atoms with E-state index in [0.717, 1.165) is 59.4 Å². The van der Waals surface area contributed by atoms with Crippen molar-refractivity contribution in [2.75, 3.05) is 26.3 Å². The number of esters is 1. The van der Waals surface area contributed by atoms with E-state index in [2.05, 4.69) is 22.0 Å². The highest BCUT2D eigenvalue weighted by atomic mass is 32.1. The van der Waals surface area contributed by atoms with Gasteiger partial charge in [-0.3, -0.25) is 4.90 Å². The Morgan fingerprint density at radius 3 is 2.86 bits per heavy atom. The van der Waals surface area contributed by atoms with E-state index >= 15 is 0 Å². The topological polar surface area (TPSA) is 51.7 Å². The summed E-state index contributed by atoms with van der Waals surface area (Å²) in [7, 11) is 0. The largest absolute Gasteiger partial charge is 0.423 e. The maximum atomic E-state index is 12.9. The van der Waals surface area contributed by atoms with Gasteiger partial charge >= 0.3 is 5.97 Å². The average molecular weight is 404 g/mol. The lowest BCUT2D eigenvalue weighted by Crippen LogP contribution is -2.35. The van der Waals surface area contributed by atoms with Crippen molar-refractivity contribution < 1.29 is 14.3 Å². The number of nitrogens with zero attached hydrogens (tertiary/aromatic N) is 2. The Balaban J connectivity index is 1.49. The molecule has 0 N–H and O–H groups in total. The molecule has 0 aliphatic carbocycles. The molecule has 0 unspecified atom stereocenters. The molecule has 1 saturated heterocycles. The molecule has 4 aromatic rings. The van der Waals surface area contributed by atoms with Crippen molar-refractivity contribution in [3.05, 3.63) is 71.2 Å². The quantitative estimate of drug-likeness (QED) is 0.370. The lowest BCUT2D eigenvalue weighted by atomic mass is 10.0. The number of hydrogen-bond acceptors (Lipinski definition) is 6. The molecular formula is C23H20N2O3S. The van der Waals surface area contributed by atoms with Crippen molar-refractivity contribution in [3.63, 3.8) is 0 Å². The maximum Gasteiger partial charge on any atom is 0.343 e. The summed E-state index contributed by atoms with van der Waals surface area (Å²) in [5.41, 5.74) is 4.25. The molecule has 5 rings (SSSR count). The molecule has 1 aliphatic rings. The number of thiazole rings is 1. The second-order valence-electron chi connectivity index (χ2n) is 7.08. The molecule has 3 aromatic carbocycles. The first kappa shape index (κ1) is 18.2. The van der Waals surface area contributed by atoms with Gasteiger partial charge in [-0.05, 0) is 35.0 Å². The first-order valence-electron chi connectivity index (χ1n) is 9.64. The zero-order valence-electron chi connectivity index (χ0n) is 15.8. The molecule has 2 heterocycles. The van der Waals surface area contributed by atoms with Gasteiger partial charge in [-0.1, -0.05) is 30.3 Å². The summed E-state index contributed by atoms with van der Waals surface area (Å²) in [6, 6.07) is 17.6. The minimum absolute atomic E-state index is 0.348. The van der Waals surface area contributed by atoms with Crippen LogP contribution in [0.4, 0.5) is 0 Å². The number of morpholine rings is 1. The van der Waals surface area contributed by atoms with Gasteiger partial charge in [0.2, 0.25) is 0 Å². The second kappa shape index (κ2) is 7.91. The summed E-state index contributed by atoms with van der Waals surface area (Å²) in [6.07, 6.45) is 0. The first-order chi connectivity index (χ1) is 14.3. The Morgan fingerprint density at radius 2 is 1.97 bits per heavy atom. The third-order valence-electron chi connectivity index (χ3n) is 5.25. The number of carbonyl (C=O) groups is 1. The third-order valence-corrected chi connectivity index (χ3v) is 6.04. The van der Waals surface area contributed by atoms with Crippen LogP contribution in [-0.4, -0.2) is 42.2 Å². The Labute approximate surface area is 172 Å². The van der Waals surface area contributed by atoms with E-state index in [1.54, 1.807) is 11.6 Å². The van der Waals surface area contributed by atoms with Crippen LogP contribution in [0.5, 0.6) is 5.75 Å². The Morgan fingerprint density at radius 1 is 1.10 bits per heavy atom. The minimum atomic E-state index is -0.348. The van der Waals surface area contributed by atoms with Gasteiger partial charge in [-0.2, -0.15) is 0 Å². The van der Waals surface area contributed by atoms with Crippen molar-refractivity contribution in [2.45, 2.75) is 6.54 Å². The van der Waals surface area contributed by atoms with Crippen LogP contribution >= 0.6 is 11.3 Å². The number of aromatic nitrogens is 1. The zero-order valence-corrected chi connectivity index (χ0v) is 16.7. The number of rotatable bonds is 4. The molecular weight excluding hydrogens is 384 g/mol. The van der Waals surface area contributed by atoms with Crippen LogP contribution < -0.4 is 4.74 Å². The van der Waals surface area contributed by atoms with Crippen molar-refractivity contribution in [3.8, 4) is 5.75 Å². The lowest BCUT2D eigenvalue weighted by molar-refractivity contribution is 0.0339. The van der Waals surface area contributed by atoms with Gasteiger partial charge < -0.3 is 9.47 Å². The molecule has 5 nitrogen and oxygen atoms in total. The summed E-state index contributed by atoms with van der Waals surface area (Å²) < 4.78 is 12.3. The van der Waals surface area contributed by atoms with E-state index < -0.39 is 0 Å². The van der Waals surface area contributed by atoms with Gasteiger partial charge in [0.15, 0.2) is 0 Å². The minimum Gasteiger partial charge on any atom is -0.423 e. The number of hydrogen-bond donors (Lipinski definition) is 0. The second-order valence-corrected chi connectivity index (χ2v) is 7.96. The molecule has 1 aromatic heterocycles. The maximum absolute atomic E-state index is 12.9. The van der Waals surface area contributed by atoms with Gasteiger partial charge in [-0.15, -0.1) is 11.3 Å². The summed E-state index contributed by atoms with van der Waals surface area (Å²) in [5, 5.41) is 2.25. The van der Waals surface area contributed by atoms with Gasteiger partial charge in [0.25, 0.3) is 0 Å². The Bertz CT molecular complexity index is 1180. The van der Waals surface area contributed by atoms with Gasteiger partial charge in [0.05, 0.1) is 34.5 Å².